The Morgan fingerprint density at radius 2 is 1.83 bits per heavy atom. The fraction of sp³-hybridized carbons (Fsp3) is 0.269. The summed E-state index contributed by atoms with van der Waals surface area (Å²) in [5, 5.41) is -0.00367. The van der Waals surface area contributed by atoms with E-state index >= 15 is 0 Å². The number of methoxy groups -OCH3 is 1. The minimum absolute atomic E-state index is 0.00367. The second kappa shape index (κ2) is 11.3. The van der Waals surface area contributed by atoms with E-state index in [1.165, 1.54) is 17.0 Å². The number of rotatable bonds is 7. The molecule has 1 aromatic heterocycles. The highest BCUT2D eigenvalue weighted by Crippen LogP contribution is 2.22. The van der Waals surface area contributed by atoms with Gasteiger partial charge in [0.15, 0.2) is 0 Å². The highest BCUT2D eigenvalue weighted by atomic mass is 35.5. The van der Waals surface area contributed by atoms with Crippen LogP contribution in [0.25, 0.3) is 0 Å². The molecule has 0 N–H and O–H groups in total. The minimum atomic E-state index is -0.539. The smallest absolute Gasteiger partial charge is 0.255 e. The molecule has 1 aliphatic heterocycles. The fourth-order valence-corrected chi connectivity index (χ4v) is 4.12. The molecule has 9 heteroatoms. The first-order valence-electron chi connectivity index (χ1n) is 11.1. The maximum Gasteiger partial charge on any atom is 0.255 e. The summed E-state index contributed by atoms with van der Waals surface area (Å²) in [5.41, 5.74) is 1.99. The van der Waals surface area contributed by atoms with Crippen LogP contribution in [0.15, 0.2) is 67.0 Å². The van der Waals surface area contributed by atoms with Gasteiger partial charge in [0.2, 0.25) is 5.91 Å². The average molecular weight is 498 g/mol. The van der Waals surface area contributed by atoms with E-state index in [0.29, 0.717) is 19.7 Å². The molecule has 7 nitrogen and oxygen atoms in total. The lowest BCUT2D eigenvalue weighted by Gasteiger charge is -2.25. The lowest BCUT2D eigenvalue weighted by Crippen LogP contribution is -2.39. The Kier molecular flexibility index (Phi) is 7.94. The molecule has 3 aromatic rings. The zero-order valence-corrected chi connectivity index (χ0v) is 20.0. The van der Waals surface area contributed by atoms with Crippen LogP contribution in [0.2, 0.25) is 5.02 Å². The van der Waals surface area contributed by atoms with Crippen LogP contribution in [-0.4, -0.2) is 59.4 Å². The molecule has 35 heavy (non-hydrogen) atoms. The van der Waals surface area contributed by atoms with Crippen LogP contribution in [0.1, 0.15) is 21.5 Å². The van der Waals surface area contributed by atoms with Crippen LogP contribution < -0.4 is 4.74 Å². The van der Waals surface area contributed by atoms with Gasteiger partial charge in [-0.05, 0) is 53.6 Å². The molecule has 1 unspecified atom stereocenters. The monoisotopic (exact) mass is 497 g/mol. The van der Waals surface area contributed by atoms with Crippen molar-refractivity contribution in [1.82, 2.24) is 14.8 Å². The molecule has 0 radical (unpaired) electrons. The van der Waals surface area contributed by atoms with Crippen LogP contribution >= 0.6 is 11.6 Å². The van der Waals surface area contributed by atoms with E-state index in [2.05, 4.69) is 4.98 Å². The molecule has 1 fully saturated rings. The Hall–Kier alpha value is -3.49. The number of pyridine rings is 1. The number of halogens is 2. The lowest BCUT2D eigenvalue weighted by molar-refractivity contribution is -0.132. The summed E-state index contributed by atoms with van der Waals surface area (Å²) in [6, 6.07) is 14.7. The normalized spacial score (nSPS) is 16.2. The van der Waals surface area contributed by atoms with Gasteiger partial charge in [-0.3, -0.25) is 14.6 Å². The van der Waals surface area contributed by atoms with Crippen molar-refractivity contribution in [2.24, 2.45) is 0 Å². The molecule has 182 valence electrons. The summed E-state index contributed by atoms with van der Waals surface area (Å²) in [5.74, 6) is -0.486. The zero-order valence-electron chi connectivity index (χ0n) is 19.2. The summed E-state index contributed by atoms with van der Waals surface area (Å²) in [7, 11) is 1.59. The molecule has 1 saturated heterocycles. The lowest BCUT2D eigenvalue weighted by atomic mass is 10.2. The highest BCUT2D eigenvalue weighted by molar-refractivity contribution is 6.33. The summed E-state index contributed by atoms with van der Waals surface area (Å²) in [6.07, 6.45) is 2.91. The van der Waals surface area contributed by atoms with E-state index in [1.54, 1.807) is 24.4 Å². The van der Waals surface area contributed by atoms with Gasteiger partial charge in [-0.2, -0.15) is 0 Å². The number of hydrogen-bond donors (Lipinski definition) is 0. The number of carbonyl (C=O) groups excluding carboxylic acids is 2. The maximum atomic E-state index is 13.5. The van der Waals surface area contributed by atoms with E-state index in [9.17, 15) is 14.0 Å². The first-order chi connectivity index (χ1) is 16.9. The summed E-state index contributed by atoms with van der Waals surface area (Å²) < 4.78 is 24.9. The van der Waals surface area contributed by atoms with Crippen LogP contribution in [-0.2, 0) is 22.7 Å². The van der Waals surface area contributed by atoms with Crippen LogP contribution in [0, 0.1) is 5.82 Å². The van der Waals surface area contributed by atoms with Crippen molar-refractivity contribution >= 4 is 23.4 Å². The molecule has 4 rings (SSSR count). The predicted molar refractivity (Wildman–Crippen MR) is 129 cm³/mol. The van der Waals surface area contributed by atoms with E-state index < -0.39 is 17.8 Å². The third-order valence-electron chi connectivity index (χ3n) is 5.74. The van der Waals surface area contributed by atoms with Gasteiger partial charge in [0.1, 0.15) is 18.1 Å². The van der Waals surface area contributed by atoms with Gasteiger partial charge in [0, 0.05) is 32.0 Å². The van der Waals surface area contributed by atoms with Crippen molar-refractivity contribution in [2.45, 2.75) is 19.3 Å². The number of hydrogen-bond acceptors (Lipinski definition) is 5. The number of nitrogens with zero attached hydrogens (tertiary/aromatic N) is 3. The number of aromatic nitrogens is 1. The third kappa shape index (κ3) is 6.35. The Morgan fingerprint density at radius 3 is 2.51 bits per heavy atom. The van der Waals surface area contributed by atoms with E-state index in [-0.39, 0.29) is 29.6 Å². The Morgan fingerprint density at radius 1 is 1.09 bits per heavy atom. The molecule has 1 atom stereocenters. The SMILES string of the molecule is COc1ccc(CN2CC(OCc3ccncc3)CN(C(=O)c3ccc(F)cc3Cl)CC2=O)cc1. The largest absolute Gasteiger partial charge is 0.497 e. The van der Waals surface area contributed by atoms with Crippen molar-refractivity contribution in [1.29, 1.82) is 0 Å². The summed E-state index contributed by atoms with van der Waals surface area (Å²) in [6.45, 7) is 1.01. The molecule has 0 bridgehead atoms. The van der Waals surface area contributed by atoms with Crippen molar-refractivity contribution in [2.75, 3.05) is 26.7 Å². The Bertz CT molecular complexity index is 1180. The molecule has 0 aliphatic carbocycles. The van der Waals surface area contributed by atoms with Crippen LogP contribution in [0.5, 0.6) is 5.75 Å². The molecular weight excluding hydrogens is 473 g/mol. The van der Waals surface area contributed by atoms with Crippen LogP contribution in [0.3, 0.4) is 0 Å². The number of ether oxygens (including phenoxy) is 2. The van der Waals surface area contributed by atoms with Crippen molar-refractivity contribution in [3.05, 3.63) is 94.5 Å². The number of amides is 2. The highest BCUT2D eigenvalue weighted by Gasteiger charge is 2.32. The summed E-state index contributed by atoms with van der Waals surface area (Å²) >= 11 is 6.13. The van der Waals surface area contributed by atoms with Gasteiger partial charge in [-0.25, -0.2) is 4.39 Å². The fourth-order valence-electron chi connectivity index (χ4n) is 3.87. The second-order valence-electron chi connectivity index (χ2n) is 8.22. The van der Waals surface area contributed by atoms with E-state index in [1.807, 2.05) is 36.4 Å². The molecule has 0 saturated carbocycles. The zero-order chi connectivity index (χ0) is 24.8. The van der Waals surface area contributed by atoms with Crippen molar-refractivity contribution in [3.8, 4) is 5.75 Å². The van der Waals surface area contributed by atoms with Gasteiger partial charge in [0.25, 0.3) is 5.91 Å². The summed E-state index contributed by atoms with van der Waals surface area (Å²) in [4.78, 5) is 33.6. The van der Waals surface area contributed by atoms with Gasteiger partial charge < -0.3 is 19.3 Å². The topological polar surface area (TPSA) is 72.0 Å². The molecular formula is C26H25ClFN3O4. The molecule has 2 aromatic carbocycles. The standard InChI is InChI=1S/C26H25ClFN3O4/c1-34-21-5-2-18(3-6-21)13-30-14-22(35-17-19-8-10-29-11-9-19)15-31(16-25(30)32)26(33)23-7-4-20(28)12-24(23)27/h2-12,22H,13-17H2,1H3. The van der Waals surface area contributed by atoms with Gasteiger partial charge in [-0.1, -0.05) is 23.7 Å². The first kappa shape index (κ1) is 24.6. The maximum absolute atomic E-state index is 13.5. The molecule has 1 aliphatic rings. The minimum Gasteiger partial charge on any atom is -0.497 e. The third-order valence-corrected chi connectivity index (χ3v) is 6.06. The molecule has 2 heterocycles. The quantitative estimate of drug-likeness (QED) is 0.494. The predicted octanol–water partition coefficient (Wildman–Crippen LogP) is 3.95. The van der Waals surface area contributed by atoms with Gasteiger partial charge >= 0.3 is 0 Å². The van der Waals surface area contributed by atoms with Gasteiger partial charge in [0.05, 0.1) is 30.4 Å². The van der Waals surface area contributed by atoms with E-state index in [0.717, 1.165) is 22.9 Å². The number of carbonyl (C=O) groups is 2. The van der Waals surface area contributed by atoms with Gasteiger partial charge in [-0.15, -0.1) is 0 Å². The molecule has 2 amide bonds. The second-order valence-corrected chi connectivity index (χ2v) is 8.63. The van der Waals surface area contributed by atoms with Crippen molar-refractivity contribution < 1.29 is 23.5 Å². The Balaban J connectivity index is 1.55. The molecule has 0 spiro atoms. The Labute approximate surface area is 208 Å². The average Bonchev–Trinajstić information content (AvgIpc) is 3.02. The van der Waals surface area contributed by atoms with Crippen LogP contribution in [0.4, 0.5) is 4.39 Å². The van der Waals surface area contributed by atoms with E-state index in [4.69, 9.17) is 21.1 Å². The van der Waals surface area contributed by atoms with Crippen molar-refractivity contribution in [3.63, 3.8) is 0 Å². The first-order valence-corrected chi connectivity index (χ1v) is 11.5. The number of benzene rings is 2.